The summed E-state index contributed by atoms with van der Waals surface area (Å²) < 4.78 is 0. The Morgan fingerprint density at radius 3 is 2.70 bits per heavy atom. The summed E-state index contributed by atoms with van der Waals surface area (Å²) >= 11 is 0. The summed E-state index contributed by atoms with van der Waals surface area (Å²) in [6, 6.07) is 5.45. The first-order chi connectivity index (χ1) is 9.46. The zero-order valence-corrected chi connectivity index (χ0v) is 11.3. The molecule has 1 saturated carbocycles. The summed E-state index contributed by atoms with van der Waals surface area (Å²) in [5, 5.41) is 22.9. The number of nitro benzene ring substituents is 1. The highest BCUT2D eigenvalue weighted by Crippen LogP contribution is 2.37. The maximum Gasteiger partial charge on any atom is 0.269 e. The Bertz CT molecular complexity index is 514. The van der Waals surface area contributed by atoms with Gasteiger partial charge in [-0.15, -0.1) is 0 Å². The van der Waals surface area contributed by atoms with Crippen LogP contribution in [0, 0.1) is 15.5 Å². The fraction of sp³-hybridized carbons (Fsp3) is 0.500. The molecule has 2 unspecified atom stereocenters. The van der Waals surface area contributed by atoms with Gasteiger partial charge in [-0.25, -0.2) is 0 Å². The lowest BCUT2D eigenvalue weighted by atomic mass is 9.85. The normalized spacial score (nSPS) is 25.4. The minimum Gasteiger partial charge on any atom is -0.396 e. The molecule has 0 saturated heterocycles. The number of nitro groups is 1. The van der Waals surface area contributed by atoms with Crippen LogP contribution in [0.2, 0.25) is 0 Å². The van der Waals surface area contributed by atoms with Crippen molar-refractivity contribution in [3.63, 3.8) is 0 Å². The van der Waals surface area contributed by atoms with Gasteiger partial charge in [-0.05, 0) is 25.0 Å². The monoisotopic (exact) mass is 278 g/mol. The average molecular weight is 278 g/mol. The van der Waals surface area contributed by atoms with E-state index in [-0.39, 0.29) is 29.7 Å². The van der Waals surface area contributed by atoms with Gasteiger partial charge in [-0.2, -0.15) is 0 Å². The fourth-order valence-corrected chi connectivity index (χ4v) is 2.64. The number of amides is 1. The van der Waals surface area contributed by atoms with Gasteiger partial charge in [0, 0.05) is 29.2 Å². The van der Waals surface area contributed by atoms with Crippen molar-refractivity contribution in [3.8, 4) is 0 Å². The first-order valence-electron chi connectivity index (χ1n) is 6.62. The third kappa shape index (κ3) is 2.80. The lowest BCUT2D eigenvalue weighted by Gasteiger charge is -2.30. The van der Waals surface area contributed by atoms with Crippen LogP contribution in [-0.4, -0.2) is 28.6 Å². The van der Waals surface area contributed by atoms with E-state index in [9.17, 15) is 20.0 Å². The van der Waals surface area contributed by atoms with Crippen LogP contribution in [0.4, 0.5) is 5.69 Å². The molecule has 0 bridgehead atoms. The Morgan fingerprint density at radius 2 is 2.15 bits per heavy atom. The molecular formula is C14H18N2O4. The van der Waals surface area contributed by atoms with E-state index in [0.29, 0.717) is 5.56 Å². The molecule has 108 valence electrons. The van der Waals surface area contributed by atoms with E-state index in [1.165, 1.54) is 24.3 Å². The number of carbonyl (C=O) groups is 1. The van der Waals surface area contributed by atoms with Crippen LogP contribution in [0.1, 0.15) is 36.5 Å². The number of rotatable bonds is 4. The molecule has 0 spiro atoms. The molecule has 2 atom stereocenters. The van der Waals surface area contributed by atoms with Crippen LogP contribution in [0.15, 0.2) is 24.3 Å². The number of carbonyl (C=O) groups excluding carboxylic acids is 1. The minimum atomic E-state index is -0.499. The van der Waals surface area contributed by atoms with E-state index in [1.807, 2.05) is 6.92 Å². The lowest BCUT2D eigenvalue weighted by Crippen LogP contribution is -2.44. The van der Waals surface area contributed by atoms with Gasteiger partial charge in [0.05, 0.1) is 11.5 Å². The Balaban J connectivity index is 2.06. The largest absolute Gasteiger partial charge is 0.396 e. The first kappa shape index (κ1) is 14.5. The van der Waals surface area contributed by atoms with E-state index in [0.717, 1.165) is 19.3 Å². The van der Waals surface area contributed by atoms with Crippen molar-refractivity contribution >= 4 is 11.6 Å². The fourth-order valence-electron chi connectivity index (χ4n) is 2.64. The van der Waals surface area contributed by atoms with Gasteiger partial charge in [0.25, 0.3) is 11.6 Å². The van der Waals surface area contributed by atoms with Gasteiger partial charge in [0.15, 0.2) is 0 Å². The summed E-state index contributed by atoms with van der Waals surface area (Å²) in [6.45, 7) is 2.00. The second-order valence-electron chi connectivity index (χ2n) is 5.53. The van der Waals surface area contributed by atoms with Crippen molar-refractivity contribution in [2.75, 3.05) is 6.61 Å². The van der Waals surface area contributed by atoms with Crippen molar-refractivity contribution in [3.05, 3.63) is 39.9 Å². The smallest absolute Gasteiger partial charge is 0.269 e. The molecular weight excluding hydrogens is 260 g/mol. The summed E-state index contributed by atoms with van der Waals surface area (Å²) in [5.74, 6) is -0.258. The summed E-state index contributed by atoms with van der Waals surface area (Å²) in [4.78, 5) is 22.2. The van der Waals surface area contributed by atoms with Gasteiger partial charge in [-0.1, -0.05) is 13.3 Å². The molecule has 2 rings (SSSR count). The maximum atomic E-state index is 12.1. The molecule has 1 aliphatic rings. The van der Waals surface area contributed by atoms with Crippen molar-refractivity contribution in [2.45, 2.75) is 32.2 Å². The molecule has 1 aromatic rings. The standard InChI is InChI=1S/C14H18N2O4/c1-14(9-17)8-2-3-12(14)15-13(18)10-4-6-11(7-5-10)16(19)20/h4-7,12,17H,2-3,8-9H2,1H3,(H,15,18). The lowest BCUT2D eigenvalue weighted by molar-refractivity contribution is -0.384. The Labute approximate surface area is 117 Å². The van der Waals surface area contributed by atoms with E-state index in [4.69, 9.17) is 0 Å². The Kier molecular flexibility index (Phi) is 4.04. The van der Waals surface area contributed by atoms with Crippen molar-refractivity contribution in [1.82, 2.24) is 5.32 Å². The molecule has 20 heavy (non-hydrogen) atoms. The van der Waals surface area contributed by atoms with Gasteiger partial charge in [-0.3, -0.25) is 14.9 Å². The number of hydrogen-bond acceptors (Lipinski definition) is 4. The molecule has 6 nitrogen and oxygen atoms in total. The Morgan fingerprint density at radius 1 is 1.50 bits per heavy atom. The van der Waals surface area contributed by atoms with Crippen LogP contribution in [0.3, 0.4) is 0 Å². The molecule has 1 aliphatic carbocycles. The second kappa shape index (κ2) is 5.58. The highest BCUT2D eigenvalue weighted by Gasteiger charge is 2.39. The van der Waals surface area contributed by atoms with E-state index >= 15 is 0 Å². The highest BCUT2D eigenvalue weighted by molar-refractivity contribution is 5.94. The number of benzene rings is 1. The second-order valence-corrected chi connectivity index (χ2v) is 5.53. The molecule has 0 aromatic heterocycles. The quantitative estimate of drug-likeness (QED) is 0.649. The summed E-state index contributed by atoms with van der Waals surface area (Å²) in [7, 11) is 0. The molecule has 1 fully saturated rings. The Hall–Kier alpha value is -1.95. The van der Waals surface area contributed by atoms with Gasteiger partial charge < -0.3 is 10.4 Å². The van der Waals surface area contributed by atoms with Gasteiger partial charge in [0.2, 0.25) is 0 Å². The minimum absolute atomic E-state index is 0.0392. The topological polar surface area (TPSA) is 92.5 Å². The average Bonchev–Trinajstić information content (AvgIpc) is 2.81. The molecule has 2 N–H and O–H groups in total. The number of non-ortho nitro benzene ring substituents is 1. The predicted molar refractivity (Wildman–Crippen MR) is 73.4 cm³/mol. The van der Waals surface area contributed by atoms with Crippen LogP contribution in [0.5, 0.6) is 0 Å². The molecule has 1 aromatic carbocycles. The highest BCUT2D eigenvalue weighted by atomic mass is 16.6. The summed E-state index contributed by atoms with van der Waals surface area (Å²) in [5.41, 5.74) is 0.0709. The van der Waals surface area contributed by atoms with E-state index < -0.39 is 4.92 Å². The van der Waals surface area contributed by atoms with E-state index in [2.05, 4.69) is 5.32 Å². The van der Waals surface area contributed by atoms with Gasteiger partial charge in [0.1, 0.15) is 0 Å². The number of nitrogens with zero attached hydrogens (tertiary/aromatic N) is 1. The molecule has 1 amide bonds. The first-order valence-corrected chi connectivity index (χ1v) is 6.62. The zero-order chi connectivity index (χ0) is 14.8. The van der Waals surface area contributed by atoms with Gasteiger partial charge >= 0.3 is 0 Å². The third-order valence-electron chi connectivity index (χ3n) is 4.09. The van der Waals surface area contributed by atoms with Crippen LogP contribution in [0.25, 0.3) is 0 Å². The maximum absolute atomic E-state index is 12.1. The van der Waals surface area contributed by atoms with Crippen molar-refractivity contribution in [2.24, 2.45) is 5.41 Å². The molecule has 6 heteroatoms. The van der Waals surface area contributed by atoms with E-state index in [1.54, 1.807) is 0 Å². The zero-order valence-electron chi connectivity index (χ0n) is 11.3. The number of aliphatic hydroxyl groups is 1. The molecule has 0 heterocycles. The summed E-state index contributed by atoms with van der Waals surface area (Å²) in [6.07, 6.45) is 2.70. The number of aliphatic hydroxyl groups excluding tert-OH is 1. The van der Waals surface area contributed by atoms with Crippen molar-refractivity contribution in [1.29, 1.82) is 0 Å². The van der Waals surface area contributed by atoms with Crippen LogP contribution in [-0.2, 0) is 0 Å². The van der Waals surface area contributed by atoms with Crippen LogP contribution < -0.4 is 5.32 Å². The predicted octanol–water partition coefficient (Wildman–Crippen LogP) is 1.88. The third-order valence-corrected chi connectivity index (χ3v) is 4.09. The SMILES string of the molecule is CC1(CO)CCCC1NC(=O)c1ccc([N+](=O)[O-])cc1. The van der Waals surface area contributed by atoms with Crippen LogP contribution >= 0.6 is 0 Å². The van der Waals surface area contributed by atoms with Crippen molar-refractivity contribution < 1.29 is 14.8 Å². The molecule has 0 aliphatic heterocycles. The number of nitrogens with one attached hydrogen (secondary N) is 1. The number of hydrogen-bond donors (Lipinski definition) is 2. The molecule has 0 radical (unpaired) electrons.